The Morgan fingerprint density at radius 3 is 0.717 bits per heavy atom. The van der Waals surface area contributed by atoms with Crippen molar-refractivity contribution < 1.29 is 57.2 Å². The first kappa shape index (κ1) is 112. The van der Waals surface area contributed by atoms with Crippen molar-refractivity contribution in [2.24, 2.45) is 0 Å². The Morgan fingerprint density at radius 2 is 0.458 bits per heavy atom. The first-order valence-electron chi connectivity index (χ1n) is 48.9. The van der Waals surface area contributed by atoms with Gasteiger partial charge in [-0.1, -0.05) is 277 Å². The fourth-order valence-corrected chi connectivity index (χ4v) is 14.3. The maximum Gasteiger partial charge on any atom is 0.307 e. The van der Waals surface area contributed by atoms with E-state index in [-0.39, 0.29) is 73.6 Å². The van der Waals surface area contributed by atoms with Crippen LogP contribution in [0.25, 0.3) is 0 Å². The van der Waals surface area contributed by atoms with Crippen LogP contribution in [-0.2, 0) is 57.2 Å². The van der Waals surface area contributed by atoms with Gasteiger partial charge >= 0.3 is 35.8 Å². The SMILES string of the molecule is CC/C=C\C/C=C\C/C=C\CCCCCCCCOC(=O)CCN(CCCCC(=O)OCCN1CC(C)N(CCOC(=O)CCCCN(CCC(=O)OCCCCCCCC/C=C\C/C=C\C/C=C\CC)CCC(=O)OCCCCCCCC/C=C\C/C=C\CCCCC)CC1C)CCC(=O)OCCCCCCCC/C=C\C/C=C\C/C=C\CC. The van der Waals surface area contributed by atoms with E-state index in [9.17, 15) is 28.8 Å². The van der Waals surface area contributed by atoms with Gasteiger partial charge in [-0.2, -0.15) is 0 Å². The van der Waals surface area contributed by atoms with Gasteiger partial charge in [-0.05, 0) is 207 Å². The van der Waals surface area contributed by atoms with E-state index in [1.165, 1.54) is 103 Å². The predicted octanol–water partition coefficient (Wildman–Crippen LogP) is 25.7. The Labute approximate surface area is 734 Å². The summed E-state index contributed by atoms with van der Waals surface area (Å²) in [6.45, 7) is 21.4. The van der Waals surface area contributed by atoms with E-state index in [0.29, 0.717) is 118 Å². The molecule has 0 saturated carbocycles. The molecule has 0 aromatic heterocycles. The first-order chi connectivity index (χ1) is 58.9. The van der Waals surface area contributed by atoms with Crippen LogP contribution < -0.4 is 0 Å². The number of nitrogens with zero attached hydrogens (tertiary/aromatic N) is 4. The lowest BCUT2D eigenvalue weighted by Gasteiger charge is -2.44. The zero-order chi connectivity index (χ0) is 86.8. The maximum atomic E-state index is 13.1. The fraction of sp³-hybridized carbons (Fsp3) is 0.731. The van der Waals surface area contributed by atoms with Gasteiger partial charge in [-0.3, -0.25) is 38.6 Å². The van der Waals surface area contributed by atoms with Crippen LogP contribution in [0, 0.1) is 0 Å². The van der Waals surface area contributed by atoms with Gasteiger partial charge in [0.15, 0.2) is 0 Å². The summed E-state index contributed by atoms with van der Waals surface area (Å²) in [5.74, 6) is -1.35. The summed E-state index contributed by atoms with van der Waals surface area (Å²) in [7, 11) is 0. The molecule has 0 spiro atoms. The van der Waals surface area contributed by atoms with Crippen molar-refractivity contribution in [3.05, 3.63) is 134 Å². The van der Waals surface area contributed by atoms with Crippen LogP contribution in [0.1, 0.15) is 375 Å². The molecule has 1 saturated heterocycles. The Bertz CT molecular complexity index is 2680. The van der Waals surface area contributed by atoms with E-state index in [1.54, 1.807) is 0 Å². The smallest absolute Gasteiger partial charge is 0.307 e. The highest BCUT2D eigenvalue weighted by Crippen LogP contribution is 2.18. The highest BCUT2D eigenvalue weighted by Gasteiger charge is 2.29. The molecule has 0 bridgehead atoms. The molecule has 1 fully saturated rings. The van der Waals surface area contributed by atoms with Gasteiger partial charge in [0, 0.05) is 77.3 Å². The molecule has 0 aromatic carbocycles. The highest BCUT2D eigenvalue weighted by molar-refractivity contribution is 5.71. The van der Waals surface area contributed by atoms with Gasteiger partial charge in [0.1, 0.15) is 13.2 Å². The number of carbonyl (C=O) groups is 6. The van der Waals surface area contributed by atoms with Crippen LogP contribution in [0.3, 0.4) is 0 Å². The molecule has 2 atom stereocenters. The van der Waals surface area contributed by atoms with Crippen LogP contribution in [-0.4, -0.2) is 173 Å². The topological polar surface area (TPSA) is 171 Å². The quantitative estimate of drug-likeness (QED) is 0.0244. The van der Waals surface area contributed by atoms with E-state index in [2.05, 4.69) is 195 Å². The molecule has 0 amide bonds. The van der Waals surface area contributed by atoms with Crippen molar-refractivity contribution in [2.45, 2.75) is 388 Å². The summed E-state index contributed by atoms with van der Waals surface area (Å²) in [6, 6.07) is 0.429. The standard InChI is InChI=1S/C104H178N4O12/c1-7-11-15-19-23-27-31-35-39-43-47-51-55-59-63-71-89-115-101(111)77-83-105(84-78-102(112)116-90-72-64-60-56-52-48-44-40-36-32-28-24-20-16-12-8-2)81-69-67-75-99(109)119-93-87-107-95-98(6)108(96-97(107)5)88-94-120-100(110)76-68-70-82-106(85-79-103(113)117-91-73-65-61-57-53-49-45-41-37-33-29-25-21-17-13-9-3)86-80-104(114)118-92-74-66-62-58-54-50-46-42-38-34-30-26-22-18-14-10-4/h11-13,15-17,23-30,35-42,97-98H,7-10,14,18-22,31-34,43-96H2,1-6H3/b15-11-,16-12-,17-13-,27-23-,28-24-,29-25-,30-26-,39-35-,40-36-,41-37-,42-38-. The number of esters is 6. The van der Waals surface area contributed by atoms with Crippen molar-refractivity contribution in [1.29, 1.82) is 0 Å². The van der Waals surface area contributed by atoms with Crippen molar-refractivity contribution in [3.63, 3.8) is 0 Å². The normalized spacial score (nSPS) is 14.6. The monoisotopic (exact) mass is 1680 g/mol. The molecule has 120 heavy (non-hydrogen) atoms. The van der Waals surface area contributed by atoms with Crippen LogP contribution in [0.15, 0.2) is 134 Å². The number of unbranched alkanes of at least 4 members (excludes halogenated alkanes) is 29. The third kappa shape index (κ3) is 79.0. The molecule has 1 heterocycles. The Kier molecular flexibility index (Phi) is 83.0. The van der Waals surface area contributed by atoms with Crippen molar-refractivity contribution >= 4 is 35.8 Å². The second-order valence-electron chi connectivity index (χ2n) is 32.8. The van der Waals surface area contributed by atoms with Crippen molar-refractivity contribution in [3.8, 4) is 0 Å². The number of rotatable bonds is 85. The Balaban J connectivity index is 2.58. The van der Waals surface area contributed by atoms with Crippen molar-refractivity contribution in [1.82, 2.24) is 19.6 Å². The van der Waals surface area contributed by atoms with Crippen LogP contribution in [0.5, 0.6) is 0 Å². The summed E-state index contributed by atoms with van der Waals surface area (Å²) < 4.78 is 34.2. The lowest BCUT2D eigenvalue weighted by Crippen LogP contribution is -2.57. The average molecular weight is 1680 g/mol. The van der Waals surface area contributed by atoms with Crippen molar-refractivity contribution in [2.75, 3.05) is 105 Å². The van der Waals surface area contributed by atoms with Crippen LogP contribution in [0.2, 0.25) is 0 Å². The van der Waals surface area contributed by atoms with Gasteiger partial charge in [-0.25, -0.2) is 0 Å². The largest absolute Gasteiger partial charge is 0.466 e. The third-order valence-corrected chi connectivity index (χ3v) is 21.8. The fourth-order valence-electron chi connectivity index (χ4n) is 14.3. The summed E-state index contributed by atoms with van der Waals surface area (Å²) in [5, 5.41) is 0. The minimum atomic E-state index is -0.229. The third-order valence-electron chi connectivity index (χ3n) is 21.8. The lowest BCUT2D eigenvalue weighted by molar-refractivity contribution is -0.146. The number of hydrogen-bond donors (Lipinski definition) is 0. The van der Waals surface area contributed by atoms with E-state index in [1.807, 2.05) is 0 Å². The van der Waals surface area contributed by atoms with Crippen LogP contribution in [0.4, 0.5) is 0 Å². The molecular formula is C104H178N4O12. The van der Waals surface area contributed by atoms with Gasteiger partial charge in [-0.15, -0.1) is 0 Å². The second kappa shape index (κ2) is 89.1. The minimum absolute atomic E-state index is 0.215. The number of allylic oxidation sites excluding steroid dienone is 22. The number of hydrogen-bond acceptors (Lipinski definition) is 16. The zero-order valence-corrected chi connectivity index (χ0v) is 77.6. The number of piperazine rings is 1. The van der Waals surface area contributed by atoms with Gasteiger partial charge < -0.3 is 38.2 Å². The first-order valence-corrected chi connectivity index (χ1v) is 48.9. The molecule has 1 rings (SSSR count). The van der Waals surface area contributed by atoms with Crippen LogP contribution >= 0.6 is 0 Å². The number of ether oxygens (including phenoxy) is 6. The van der Waals surface area contributed by atoms with Gasteiger partial charge in [0.25, 0.3) is 0 Å². The molecule has 1 aliphatic rings. The van der Waals surface area contributed by atoms with Gasteiger partial charge in [0.05, 0.1) is 52.1 Å². The average Bonchev–Trinajstić information content (AvgIpc) is 0.845. The second-order valence-corrected chi connectivity index (χ2v) is 32.8. The molecule has 0 radical (unpaired) electrons. The van der Waals surface area contributed by atoms with E-state index in [4.69, 9.17) is 28.4 Å². The van der Waals surface area contributed by atoms with Gasteiger partial charge in [0.2, 0.25) is 0 Å². The molecular weight excluding hydrogens is 1500 g/mol. The molecule has 0 N–H and O–H groups in total. The molecule has 1 aliphatic heterocycles. The summed E-state index contributed by atoms with van der Waals surface area (Å²) in [6.07, 6.45) is 100. The molecule has 16 heteroatoms. The summed E-state index contributed by atoms with van der Waals surface area (Å²) in [5.41, 5.74) is 0. The Morgan fingerprint density at radius 1 is 0.242 bits per heavy atom. The Hall–Kier alpha value is -6.20. The molecule has 0 aliphatic carbocycles. The number of carbonyl (C=O) groups excluding carboxylic acids is 6. The van der Waals surface area contributed by atoms with E-state index < -0.39 is 0 Å². The summed E-state index contributed by atoms with van der Waals surface area (Å²) >= 11 is 0. The minimum Gasteiger partial charge on any atom is -0.466 e. The van der Waals surface area contributed by atoms with E-state index >= 15 is 0 Å². The van der Waals surface area contributed by atoms with E-state index in [0.717, 1.165) is 193 Å². The predicted molar refractivity (Wildman–Crippen MR) is 504 cm³/mol. The molecule has 2 unspecified atom stereocenters. The summed E-state index contributed by atoms with van der Waals surface area (Å²) in [4.78, 5) is 86.9. The zero-order valence-electron chi connectivity index (χ0n) is 77.6. The maximum absolute atomic E-state index is 13.1. The lowest BCUT2D eigenvalue weighted by atomic mass is 10.1. The molecule has 686 valence electrons. The highest BCUT2D eigenvalue weighted by atomic mass is 16.6. The molecule has 0 aromatic rings. The molecule has 16 nitrogen and oxygen atoms in total.